The highest BCUT2D eigenvalue weighted by molar-refractivity contribution is 5.90. The zero-order chi connectivity index (χ0) is 12.5. The van der Waals surface area contributed by atoms with Crippen LogP contribution in [0.15, 0.2) is 60.7 Å². The molecule has 0 saturated heterocycles. The first-order chi connectivity index (χ1) is 8.74. The van der Waals surface area contributed by atoms with E-state index in [1.54, 1.807) is 30.3 Å². The zero-order valence-electron chi connectivity index (χ0n) is 9.67. The van der Waals surface area contributed by atoms with Crippen LogP contribution in [0.25, 0.3) is 21.9 Å². The van der Waals surface area contributed by atoms with E-state index in [1.165, 1.54) is 0 Å². The summed E-state index contributed by atoms with van der Waals surface area (Å²) in [7, 11) is 0. The molecule has 0 aliphatic heterocycles. The fraction of sp³-hybridized carbons (Fsp3) is 0. The lowest BCUT2D eigenvalue weighted by atomic mass is 10.00. The predicted octanol–water partition coefficient (Wildman–Crippen LogP) is 3.92. The van der Waals surface area contributed by atoms with Crippen molar-refractivity contribution in [3.05, 3.63) is 60.7 Å². The SMILES string of the molecule is Oc1ccc(-c2cc3ccccc3cc2O)cc1. The van der Waals surface area contributed by atoms with Gasteiger partial charge in [-0.3, -0.25) is 0 Å². The Kier molecular flexibility index (Phi) is 2.41. The monoisotopic (exact) mass is 236 g/mol. The third-order valence-corrected chi connectivity index (χ3v) is 3.04. The maximum absolute atomic E-state index is 10.1. The van der Waals surface area contributed by atoms with Crippen molar-refractivity contribution in [2.24, 2.45) is 0 Å². The first-order valence-electron chi connectivity index (χ1n) is 5.75. The van der Waals surface area contributed by atoms with E-state index in [0.29, 0.717) is 0 Å². The quantitative estimate of drug-likeness (QED) is 0.672. The molecule has 3 rings (SSSR count). The zero-order valence-corrected chi connectivity index (χ0v) is 9.67. The molecule has 2 N–H and O–H groups in total. The Labute approximate surface area is 105 Å². The van der Waals surface area contributed by atoms with Gasteiger partial charge in [-0.05, 0) is 40.6 Å². The second kappa shape index (κ2) is 4.08. The second-order valence-corrected chi connectivity index (χ2v) is 4.26. The number of benzene rings is 3. The lowest BCUT2D eigenvalue weighted by molar-refractivity contribution is 0.474. The van der Waals surface area contributed by atoms with Crippen molar-refractivity contribution < 1.29 is 10.2 Å². The second-order valence-electron chi connectivity index (χ2n) is 4.26. The van der Waals surface area contributed by atoms with Crippen LogP contribution in [-0.2, 0) is 0 Å². The average Bonchev–Trinajstić information content (AvgIpc) is 2.39. The summed E-state index contributed by atoms with van der Waals surface area (Å²) in [5.74, 6) is 0.471. The fourth-order valence-electron chi connectivity index (χ4n) is 2.10. The van der Waals surface area contributed by atoms with Gasteiger partial charge in [0, 0.05) is 5.56 Å². The van der Waals surface area contributed by atoms with Gasteiger partial charge in [0.25, 0.3) is 0 Å². The molecule has 0 amide bonds. The van der Waals surface area contributed by atoms with Crippen LogP contribution in [0.1, 0.15) is 0 Å². The molecular formula is C16H12O2. The molecule has 0 unspecified atom stereocenters. The molecule has 0 spiro atoms. The van der Waals surface area contributed by atoms with Gasteiger partial charge in [-0.1, -0.05) is 36.4 Å². The van der Waals surface area contributed by atoms with E-state index >= 15 is 0 Å². The van der Waals surface area contributed by atoms with Crippen molar-refractivity contribution in [3.63, 3.8) is 0 Å². The van der Waals surface area contributed by atoms with Gasteiger partial charge in [0.2, 0.25) is 0 Å². The third-order valence-electron chi connectivity index (χ3n) is 3.04. The van der Waals surface area contributed by atoms with Crippen LogP contribution >= 0.6 is 0 Å². The van der Waals surface area contributed by atoms with Gasteiger partial charge in [-0.25, -0.2) is 0 Å². The van der Waals surface area contributed by atoms with E-state index in [4.69, 9.17) is 0 Å². The van der Waals surface area contributed by atoms with Crippen molar-refractivity contribution in [2.75, 3.05) is 0 Å². The van der Waals surface area contributed by atoms with E-state index in [9.17, 15) is 10.2 Å². The normalized spacial score (nSPS) is 10.7. The summed E-state index contributed by atoms with van der Waals surface area (Å²) >= 11 is 0. The van der Waals surface area contributed by atoms with Crippen LogP contribution in [0, 0.1) is 0 Å². The number of aromatic hydroxyl groups is 2. The van der Waals surface area contributed by atoms with Crippen LogP contribution in [0.5, 0.6) is 11.5 Å². The number of phenolic OH excluding ortho intramolecular Hbond substituents is 2. The van der Waals surface area contributed by atoms with Gasteiger partial charge in [-0.15, -0.1) is 0 Å². The van der Waals surface area contributed by atoms with Gasteiger partial charge in [0.15, 0.2) is 0 Å². The van der Waals surface area contributed by atoms with Crippen molar-refractivity contribution in [1.82, 2.24) is 0 Å². The fourth-order valence-corrected chi connectivity index (χ4v) is 2.10. The molecule has 0 heterocycles. The van der Waals surface area contributed by atoms with E-state index in [1.807, 2.05) is 30.3 Å². The standard InChI is InChI=1S/C16H12O2/c17-14-7-5-11(6-8-14)15-9-12-3-1-2-4-13(12)10-16(15)18/h1-10,17-18H. The minimum atomic E-state index is 0.221. The molecule has 0 aliphatic rings. The summed E-state index contributed by atoms with van der Waals surface area (Å²) in [6.45, 7) is 0. The summed E-state index contributed by atoms with van der Waals surface area (Å²) in [6, 6.07) is 18.4. The Morgan fingerprint density at radius 3 is 1.94 bits per heavy atom. The highest BCUT2D eigenvalue weighted by atomic mass is 16.3. The van der Waals surface area contributed by atoms with Gasteiger partial charge in [0.05, 0.1) is 0 Å². The number of phenols is 2. The Morgan fingerprint density at radius 1 is 0.667 bits per heavy atom. The van der Waals surface area contributed by atoms with E-state index in [-0.39, 0.29) is 11.5 Å². The lowest BCUT2D eigenvalue weighted by Gasteiger charge is -2.07. The lowest BCUT2D eigenvalue weighted by Crippen LogP contribution is -1.80. The molecule has 0 bridgehead atoms. The maximum Gasteiger partial charge on any atom is 0.124 e. The van der Waals surface area contributed by atoms with Crippen molar-refractivity contribution in [2.45, 2.75) is 0 Å². The van der Waals surface area contributed by atoms with Gasteiger partial charge < -0.3 is 10.2 Å². The van der Waals surface area contributed by atoms with E-state index < -0.39 is 0 Å². The minimum Gasteiger partial charge on any atom is -0.508 e. The Bertz CT molecular complexity index is 700. The smallest absolute Gasteiger partial charge is 0.124 e. The first-order valence-corrected chi connectivity index (χ1v) is 5.75. The predicted molar refractivity (Wildman–Crippen MR) is 72.7 cm³/mol. The molecule has 2 nitrogen and oxygen atoms in total. The van der Waals surface area contributed by atoms with Crippen LogP contribution in [0.4, 0.5) is 0 Å². The van der Waals surface area contributed by atoms with E-state index in [0.717, 1.165) is 21.9 Å². The minimum absolute atomic E-state index is 0.221. The molecule has 88 valence electrons. The van der Waals surface area contributed by atoms with Crippen LogP contribution < -0.4 is 0 Å². The van der Waals surface area contributed by atoms with Gasteiger partial charge >= 0.3 is 0 Å². The van der Waals surface area contributed by atoms with Crippen molar-refractivity contribution in [3.8, 4) is 22.6 Å². The Morgan fingerprint density at radius 2 is 1.28 bits per heavy atom. The Hall–Kier alpha value is -2.48. The summed E-state index contributed by atoms with van der Waals surface area (Å²) in [5.41, 5.74) is 1.66. The van der Waals surface area contributed by atoms with Crippen molar-refractivity contribution in [1.29, 1.82) is 0 Å². The summed E-state index contributed by atoms with van der Waals surface area (Å²) in [6.07, 6.45) is 0. The molecule has 0 radical (unpaired) electrons. The molecular weight excluding hydrogens is 224 g/mol. The maximum atomic E-state index is 10.1. The molecule has 18 heavy (non-hydrogen) atoms. The average molecular weight is 236 g/mol. The van der Waals surface area contributed by atoms with Crippen LogP contribution in [0.3, 0.4) is 0 Å². The van der Waals surface area contributed by atoms with Crippen molar-refractivity contribution >= 4 is 10.8 Å². The molecule has 0 atom stereocenters. The number of rotatable bonds is 1. The number of hydrogen-bond acceptors (Lipinski definition) is 2. The third kappa shape index (κ3) is 1.78. The van der Waals surface area contributed by atoms with Crippen LogP contribution in [0.2, 0.25) is 0 Å². The molecule has 0 aliphatic carbocycles. The molecule has 0 aromatic heterocycles. The highest BCUT2D eigenvalue weighted by Crippen LogP contribution is 2.33. The largest absolute Gasteiger partial charge is 0.508 e. The molecule has 2 heteroatoms. The summed E-state index contributed by atoms with van der Waals surface area (Å²) in [5, 5.41) is 21.4. The van der Waals surface area contributed by atoms with Gasteiger partial charge in [0.1, 0.15) is 11.5 Å². The number of hydrogen-bond donors (Lipinski definition) is 2. The number of fused-ring (bicyclic) bond motifs is 1. The summed E-state index contributed by atoms with van der Waals surface area (Å²) in [4.78, 5) is 0. The molecule has 3 aromatic rings. The Balaban J connectivity index is 2.22. The van der Waals surface area contributed by atoms with Gasteiger partial charge in [-0.2, -0.15) is 0 Å². The van der Waals surface area contributed by atoms with E-state index in [2.05, 4.69) is 0 Å². The first kappa shape index (κ1) is 10.7. The molecule has 3 aromatic carbocycles. The topological polar surface area (TPSA) is 40.5 Å². The highest BCUT2D eigenvalue weighted by Gasteiger charge is 2.06. The van der Waals surface area contributed by atoms with Crippen LogP contribution in [-0.4, -0.2) is 10.2 Å². The summed E-state index contributed by atoms with van der Waals surface area (Å²) < 4.78 is 0. The molecule has 0 fully saturated rings. The molecule has 0 saturated carbocycles.